The lowest BCUT2D eigenvalue weighted by atomic mass is 10.1. The van der Waals surface area contributed by atoms with E-state index < -0.39 is 4.92 Å². The zero-order chi connectivity index (χ0) is 13.1. The molecule has 6 nitrogen and oxygen atoms in total. The number of nitro groups is 1. The highest BCUT2D eigenvalue weighted by atomic mass is 35.5. The highest BCUT2D eigenvalue weighted by Crippen LogP contribution is 2.25. The largest absolute Gasteiger partial charge is 0.383 e. The van der Waals surface area contributed by atoms with Crippen molar-refractivity contribution in [3.63, 3.8) is 0 Å². The van der Waals surface area contributed by atoms with Gasteiger partial charge in [-0.25, -0.2) is 0 Å². The number of hydrogen-bond donors (Lipinski definition) is 1. The number of nitro benzene ring substituents is 1. The third-order valence-corrected chi connectivity index (χ3v) is 2.67. The molecule has 7 heteroatoms. The van der Waals surface area contributed by atoms with Crippen molar-refractivity contribution >= 4 is 23.0 Å². The van der Waals surface area contributed by atoms with E-state index in [2.05, 4.69) is 10.4 Å². The number of nitrogens with zero attached hydrogens (tertiary/aromatic N) is 3. The van der Waals surface area contributed by atoms with Crippen molar-refractivity contribution in [3.8, 4) is 0 Å². The molecule has 2 rings (SSSR count). The molecule has 0 spiro atoms. The summed E-state index contributed by atoms with van der Waals surface area (Å²) >= 11 is 5.77. The van der Waals surface area contributed by atoms with Gasteiger partial charge in [-0.3, -0.25) is 14.8 Å². The van der Waals surface area contributed by atoms with E-state index in [0.717, 1.165) is 5.56 Å². The second-order valence-corrected chi connectivity index (χ2v) is 4.15. The smallest absolute Gasteiger partial charge is 0.292 e. The van der Waals surface area contributed by atoms with Gasteiger partial charge in [0.15, 0.2) is 0 Å². The maximum absolute atomic E-state index is 10.8. The van der Waals surface area contributed by atoms with Crippen LogP contribution >= 0.6 is 11.6 Å². The third-order valence-electron chi connectivity index (χ3n) is 2.47. The molecule has 0 saturated carbocycles. The van der Waals surface area contributed by atoms with Gasteiger partial charge in [0, 0.05) is 19.3 Å². The first kappa shape index (κ1) is 12.4. The number of nitrogens with one attached hydrogen (secondary N) is 1. The predicted octanol–water partition coefficient (Wildman–Crippen LogP) is 2.53. The van der Waals surface area contributed by atoms with Crippen LogP contribution in [0.5, 0.6) is 0 Å². The molecule has 1 heterocycles. The summed E-state index contributed by atoms with van der Waals surface area (Å²) in [4.78, 5) is 10.4. The molecule has 1 aromatic heterocycles. The highest BCUT2D eigenvalue weighted by molar-refractivity contribution is 6.30. The van der Waals surface area contributed by atoms with Gasteiger partial charge in [-0.2, -0.15) is 5.10 Å². The van der Waals surface area contributed by atoms with Gasteiger partial charge < -0.3 is 5.32 Å². The fourth-order valence-electron chi connectivity index (χ4n) is 1.65. The number of hydrogen-bond acceptors (Lipinski definition) is 4. The minimum absolute atomic E-state index is 0.0553. The van der Waals surface area contributed by atoms with Crippen molar-refractivity contribution in [3.05, 3.63) is 51.3 Å². The minimum Gasteiger partial charge on any atom is -0.383 e. The molecule has 0 unspecified atom stereocenters. The van der Waals surface area contributed by atoms with Gasteiger partial charge in [0.05, 0.1) is 22.7 Å². The Balaban J connectivity index is 2.27. The number of aromatic nitrogens is 2. The zero-order valence-electron chi connectivity index (χ0n) is 9.63. The van der Waals surface area contributed by atoms with Gasteiger partial charge in [0.1, 0.15) is 5.69 Å². The Morgan fingerprint density at radius 2 is 2.33 bits per heavy atom. The summed E-state index contributed by atoms with van der Waals surface area (Å²) in [6.45, 7) is 0.513. The number of rotatable bonds is 4. The molecule has 0 aliphatic carbocycles. The van der Waals surface area contributed by atoms with Gasteiger partial charge in [-0.1, -0.05) is 17.7 Å². The van der Waals surface area contributed by atoms with Crippen molar-refractivity contribution in [1.29, 1.82) is 0 Å². The lowest BCUT2D eigenvalue weighted by Crippen LogP contribution is -2.02. The van der Waals surface area contributed by atoms with Crippen LogP contribution in [-0.2, 0) is 6.54 Å². The van der Waals surface area contributed by atoms with E-state index in [1.54, 1.807) is 36.3 Å². The lowest BCUT2D eigenvalue weighted by Gasteiger charge is -2.06. The molecule has 0 bridgehead atoms. The average Bonchev–Trinajstić information content (AvgIpc) is 2.74. The summed E-state index contributed by atoms with van der Waals surface area (Å²) in [5.74, 6) is 0. The van der Waals surface area contributed by atoms with E-state index in [-0.39, 0.29) is 5.69 Å². The molecule has 94 valence electrons. The normalized spacial score (nSPS) is 10.3. The maximum atomic E-state index is 10.8. The Morgan fingerprint density at radius 1 is 1.56 bits per heavy atom. The molecule has 2 aromatic rings. The van der Waals surface area contributed by atoms with Gasteiger partial charge in [0.2, 0.25) is 0 Å². The van der Waals surface area contributed by atoms with E-state index in [9.17, 15) is 10.1 Å². The van der Waals surface area contributed by atoms with Crippen LogP contribution in [0.2, 0.25) is 5.02 Å². The van der Waals surface area contributed by atoms with E-state index >= 15 is 0 Å². The van der Waals surface area contributed by atoms with E-state index in [1.165, 1.54) is 6.07 Å². The second kappa shape index (κ2) is 5.05. The molecular weight excluding hydrogens is 256 g/mol. The number of anilines is 1. The second-order valence-electron chi connectivity index (χ2n) is 3.71. The molecule has 0 aliphatic rings. The van der Waals surface area contributed by atoms with Crippen LogP contribution in [0.15, 0.2) is 30.6 Å². The molecule has 0 radical (unpaired) electrons. The number of halogens is 1. The molecule has 0 aliphatic heterocycles. The van der Waals surface area contributed by atoms with Crippen LogP contribution in [0.4, 0.5) is 11.4 Å². The topological polar surface area (TPSA) is 73.0 Å². The Labute approximate surface area is 108 Å². The molecule has 0 atom stereocenters. The van der Waals surface area contributed by atoms with Crippen LogP contribution in [-0.4, -0.2) is 21.8 Å². The quantitative estimate of drug-likeness (QED) is 0.682. The fraction of sp³-hybridized carbons (Fsp3) is 0.182. The van der Waals surface area contributed by atoms with Crippen LogP contribution in [0.1, 0.15) is 5.56 Å². The number of benzene rings is 1. The highest BCUT2D eigenvalue weighted by Gasteiger charge is 2.12. The van der Waals surface area contributed by atoms with Crippen molar-refractivity contribution in [2.24, 2.45) is 0 Å². The molecule has 18 heavy (non-hydrogen) atoms. The molecule has 0 amide bonds. The molecule has 1 aromatic carbocycles. The van der Waals surface area contributed by atoms with Crippen molar-refractivity contribution < 1.29 is 4.92 Å². The first-order valence-electron chi connectivity index (χ1n) is 5.23. The van der Waals surface area contributed by atoms with Crippen LogP contribution in [0.25, 0.3) is 0 Å². The standard InChI is InChI=1S/C11H11ClN4O2/c1-13-10-4-8(2-3-11(10)16(17)18)6-15-7-9(12)5-14-15/h2-5,7,13H,6H2,1H3. The summed E-state index contributed by atoms with van der Waals surface area (Å²) < 4.78 is 1.67. The average molecular weight is 267 g/mol. The van der Waals surface area contributed by atoms with Crippen LogP contribution in [0.3, 0.4) is 0 Å². The Kier molecular flexibility index (Phi) is 3.47. The summed E-state index contributed by atoms with van der Waals surface area (Å²) in [7, 11) is 1.65. The first-order chi connectivity index (χ1) is 8.60. The van der Waals surface area contributed by atoms with Gasteiger partial charge in [-0.05, 0) is 11.6 Å². The monoisotopic (exact) mass is 266 g/mol. The van der Waals surface area contributed by atoms with E-state index in [1.807, 2.05) is 0 Å². The van der Waals surface area contributed by atoms with E-state index in [0.29, 0.717) is 17.3 Å². The van der Waals surface area contributed by atoms with Crippen LogP contribution < -0.4 is 5.32 Å². The lowest BCUT2D eigenvalue weighted by molar-refractivity contribution is -0.383. The molecule has 1 N–H and O–H groups in total. The maximum Gasteiger partial charge on any atom is 0.292 e. The zero-order valence-corrected chi connectivity index (χ0v) is 10.4. The van der Waals surface area contributed by atoms with Gasteiger partial charge in [0.25, 0.3) is 5.69 Å². The summed E-state index contributed by atoms with van der Waals surface area (Å²) in [6.07, 6.45) is 3.24. The summed E-state index contributed by atoms with van der Waals surface area (Å²) in [5, 5.41) is 18.2. The predicted molar refractivity (Wildman–Crippen MR) is 69.0 cm³/mol. The van der Waals surface area contributed by atoms with Gasteiger partial charge >= 0.3 is 0 Å². The first-order valence-corrected chi connectivity index (χ1v) is 5.61. The van der Waals surface area contributed by atoms with Crippen molar-refractivity contribution in [2.45, 2.75) is 6.54 Å². The Bertz CT molecular complexity index is 582. The SMILES string of the molecule is CNc1cc(Cn2cc(Cl)cn2)ccc1[N+](=O)[O-]. The van der Waals surface area contributed by atoms with E-state index in [4.69, 9.17) is 11.6 Å². The van der Waals surface area contributed by atoms with Crippen molar-refractivity contribution in [1.82, 2.24) is 9.78 Å². The van der Waals surface area contributed by atoms with Crippen molar-refractivity contribution in [2.75, 3.05) is 12.4 Å². The molecular formula is C11H11ClN4O2. The summed E-state index contributed by atoms with van der Waals surface area (Å²) in [6, 6.07) is 4.91. The summed E-state index contributed by atoms with van der Waals surface area (Å²) in [5.41, 5.74) is 1.44. The molecule has 0 saturated heterocycles. The van der Waals surface area contributed by atoms with Crippen LogP contribution in [0, 0.1) is 10.1 Å². The minimum atomic E-state index is -0.416. The van der Waals surface area contributed by atoms with Gasteiger partial charge in [-0.15, -0.1) is 0 Å². The Morgan fingerprint density at radius 3 is 2.89 bits per heavy atom. The fourth-order valence-corrected chi connectivity index (χ4v) is 1.81. The molecule has 0 fully saturated rings. The third kappa shape index (κ3) is 2.60. The Hall–Kier alpha value is -2.08.